The van der Waals surface area contributed by atoms with Crippen LogP contribution in [0.1, 0.15) is 24.8 Å². The van der Waals surface area contributed by atoms with Crippen LogP contribution in [0.15, 0.2) is 85.5 Å². The molecule has 0 atom stereocenters. The zero-order valence-corrected chi connectivity index (χ0v) is 20.6. The summed E-state index contributed by atoms with van der Waals surface area (Å²) in [5.41, 5.74) is 9.88. The van der Waals surface area contributed by atoms with E-state index in [9.17, 15) is 0 Å². The lowest BCUT2D eigenvalue weighted by molar-refractivity contribution is 0.221. The fourth-order valence-electron chi connectivity index (χ4n) is 5.56. The van der Waals surface area contributed by atoms with Crippen molar-refractivity contribution in [2.75, 3.05) is 13.1 Å². The molecule has 1 saturated heterocycles. The van der Waals surface area contributed by atoms with E-state index < -0.39 is 0 Å². The van der Waals surface area contributed by atoms with Gasteiger partial charge in [0.15, 0.2) is 0 Å². The van der Waals surface area contributed by atoms with Gasteiger partial charge < -0.3 is 4.98 Å². The minimum Gasteiger partial charge on any atom is -0.352 e. The van der Waals surface area contributed by atoms with Crippen molar-refractivity contribution in [3.8, 4) is 33.6 Å². The topological polar surface area (TPSA) is 73.5 Å². The van der Waals surface area contributed by atoms with Crippen molar-refractivity contribution in [3.05, 3.63) is 91.0 Å². The number of hydrogen-bond donors (Lipinski definition) is 2. The Bertz CT molecular complexity index is 1690. The third-order valence-electron chi connectivity index (χ3n) is 7.47. The van der Waals surface area contributed by atoms with Gasteiger partial charge in [0, 0.05) is 41.5 Å². The van der Waals surface area contributed by atoms with Gasteiger partial charge in [-0.05, 0) is 84.6 Å². The maximum atomic E-state index is 4.70. The van der Waals surface area contributed by atoms with Crippen LogP contribution in [-0.4, -0.2) is 43.1 Å². The summed E-state index contributed by atoms with van der Waals surface area (Å²) in [7, 11) is 0. The normalized spacial score (nSPS) is 14.5. The van der Waals surface area contributed by atoms with Crippen molar-refractivity contribution >= 4 is 21.8 Å². The molecule has 4 aromatic heterocycles. The summed E-state index contributed by atoms with van der Waals surface area (Å²) >= 11 is 0. The third kappa shape index (κ3) is 4.19. The maximum absolute atomic E-state index is 4.70. The number of benzene rings is 2. The summed E-state index contributed by atoms with van der Waals surface area (Å²) in [5.74, 6) is 0. The highest BCUT2D eigenvalue weighted by molar-refractivity contribution is 6.01. The number of H-pyrrole nitrogens is 2. The number of fused-ring (bicyclic) bond motifs is 2. The van der Waals surface area contributed by atoms with E-state index in [-0.39, 0.29) is 0 Å². The summed E-state index contributed by atoms with van der Waals surface area (Å²) < 4.78 is 0. The number of likely N-dealkylation sites (tertiary alicyclic amines) is 1. The Hall–Kier alpha value is -4.29. The summed E-state index contributed by atoms with van der Waals surface area (Å²) in [4.78, 5) is 14.7. The highest BCUT2D eigenvalue weighted by atomic mass is 15.1. The third-order valence-corrected chi connectivity index (χ3v) is 7.47. The van der Waals surface area contributed by atoms with Gasteiger partial charge in [-0.2, -0.15) is 5.10 Å². The molecule has 0 amide bonds. The molecule has 0 aliphatic carbocycles. The number of nitrogens with zero attached hydrogens (tertiary/aromatic N) is 4. The van der Waals surface area contributed by atoms with Crippen LogP contribution in [0.4, 0.5) is 0 Å². The average molecular weight is 485 g/mol. The standard InChI is InChI=1S/C31H28N6/c1-2-13-37(14-3-1)20-21-5-4-6-23(15-21)24-7-8-28-26(16-24)31(36-35-28)29-17-25-27(18-33-19-30(25)34-29)22-9-11-32-12-10-22/h4-12,15-19,34H,1-3,13-14,20H2,(H,35,36). The van der Waals surface area contributed by atoms with E-state index >= 15 is 0 Å². The molecule has 0 radical (unpaired) electrons. The molecule has 37 heavy (non-hydrogen) atoms. The van der Waals surface area contributed by atoms with Gasteiger partial charge in [0.05, 0.1) is 22.9 Å². The number of rotatable bonds is 5. The van der Waals surface area contributed by atoms with Crippen LogP contribution >= 0.6 is 0 Å². The minimum absolute atomic E-state index is 0.915. The van der Waals surface area contributed by atoms with Gasteiger partial charge in [-0.15, -0.1) is 0 Å². The lowest BCUT2D eigenvalue weighted by atomic mass is 10.00. The van der Waals surface area contributed by atoms with E-state index in [0.29, 0.717) is 0 Å². The van der Waals surface area contributed by atoms with E-state index in [1.807, 2.05) is 36.9 Å². The molecule has 0 unspecified atom stereocenters. The van der Waals surface area contributed by atoms with E-state index in [2.05, 4.69) is 73.5 Å². The summed E-state index contributed by atoms with van der Waals surface area (Å²) in [6, 6.07) is 21.7. The van der Waals surface area contributed by atoms with Crippen molar-refractivity contribution in [2.24, 2.45) is 0 Å². The number of aromatic nitrogens is 5. The van der Waals surface area contributed by atoms with Crippen molar-refractivity contribution in [3.63, 3.8) is 0 Å². The largest absolute Gasteiger partial charge is 0.352 e. The number of hydrogen-bond acceptors (Lipinski definition) is 4. The van der Waals surface area contributed by atoms with E-state index in [1.165, 1.54) is 49.0 Å². The molecule has 1 fully saturated rings. The van der Waals surface area contributed by atoms with Crippen molar-refractivity contribution in [1.29, 1.82) is 0 Å². The van der Waals surface area contributed by atoms with Crippen LogP contribution in [0.25, 0.3) is 55.4 Å². The first-order valence-corrected chi connectivity index (χ1v) is 13.0. The second kappa shape index (κ2) is 9.30. The van der Waals surface area contributed by atoms with Gasteiger partial charge in [0.1, 0.15) is 5.69 Å². The number of nitrogens with one attached hydrogen (secondary N) is 2. The van der Waals surface area contributed by atoms with E-state index in [4.69, 9.17) is 5.10 Å². The fourth-order valence-corrected chi connectivity index (χ4v) is 5.56. The monoisotopic (exact) mass is 484 g/mol. The molecule has 182 valence electrons. The van der Waals surface area contributed by atoms with Gasteiger partial charge in [-0.1, -0.05) is 30.7 Å². The number of piperidine rings is 1. The van der Waals surface area contributed by atoms with Crippen LogP contribution in [0, 0.1) is 0 Å². The Morgan fingerprint density at radius 3 is 2.49 bits per heavy atom. The van der Waals surface area contributed by atoms with Gasteiger partial charge in [0.25, 0.3) is 0 Å². The van der Waals surface area contributed by atoms with Crippen molar-refractivity contribution < 1.29 is 0 Å². The predicted octanol–water partition coefficient (Wildman–Crippen LogP) is 6.82. The molecule has 2 aromatic carbocycles. The zero-order valence-electron chi connectivity index (χ0n) is 20.6. The molecule has 6 heteroatoms. The fraction of sp³-hybridized carbons (Fsp3) is 0.194. The summed E-state index contributed by atoms with van der Waals surface area (Å²) in [6.45, 7) is 3.44. The predicted molar refractivity (Wildman–Crippen MR) is 149 cm³/mol. The highest BCUT2D eigenvalue weighted by Crippen LogP contribution is 2.35. The van der Waals surface area contributed by atoms with Crippen LogP contribution in [0.2, 0.25) is 0 Å². The second-order valence-electron chi connectivity index (χ2n) is 9.94. The van der Waals surface area contributed by atoms with Crippen molar-refractivity contribution in [2.45, 2.75) is 25.8 Å². The molecule has 7 rings (SSSR count). The molecule has 6 nitrogen and oxygen atoms in total. The number of pyridine rings is 2. The van der Waals surface area contributed by atoms with Crippen LogP contribution in [0.3, 0.4) is 0 Å². The van der Waals surface area contributed by atoms with Gasteiger partial charge >= 0.3 is 0 Å². The Morgan fingerprint density at radius 2 is 1.59 bits per heavy atom. The molecule has 0 saturated carbocycles. The quantitative estimate of drug-likeness (QED) is 0.282. The summed E-state index contributed by atoms with van der Waals surface area (Å²) in [5, 5.41) is 10.1. The molecule has 1 aliphatic rings. The first kappa shape index (κ1) is 21.9. The maximum Gasteiger partial charge on any atom is 0.116 e. The van der Waals surface area contributed by atoms with Crippen molar-refractivity contribution in [1.82, 2.24) is 30.0 Å². The van der Waals surface area contributed by atoms with Gasteiger partial charge in [-0.3, -0.25) is 20.0 Å². The number of aromatic amines is 2. The van der Waals surface area contributed by atoms with Gasteiger partial charge in [-0.25, -0.2) is 0 Å². The zero-order chi connectivity index (χ0) is 24.6. The SMILES string of the molecule is c1cc(CN2CCCCC2)cc(-c2ccc3[nH]nc(-c4cc5c(-c6ccncc6)cncc5[nH]4)c3c2)c1. The lowest BCUT2D eigenvalue weighted by Gasteiger charge is -2.26. The second-order valence-corrected chi connectivity index (χ2v) is 9.94. The highest BCUT2D eigenvalue weighted by Gasteiger charge is 2.15. The van der Waals surface area contributed by atoms with Gasteiger partial charge in [0.2, 0.25) is 0 Å². The van der Waals surface area contributed by atoms with Crippen LogP contribution < -0.4 is 0 Å². The van der Waals surface area contributed by atoms with Crippen LogP contribution in [-0.2, 0) is 6.54 Å². The van der Waals surface area contributed by atoms with E-state index in [1.54, 1.807) is 0 Å². The molecular weight excluding hydrogens is 456 g/mol. The minimum atomic E-state index is 0.915. The molecule has 0 spiro atoms. The molecular formula is C31H28N6. The molecule has 2 N–H and O–H groups in total. The summed E-state index contributed by atoms with van der Waals surface area (Å²) in [6.07, 6.45) is 11.4. The Labute approximate surface area is 215 Å². The average Bonchev–Trinajstić information content (AvgIpc) is 3.58. The molecule has 0 bridgehead atoms. The van der Waals surface area contributed by atoms with E-state index in [0.717, 1.165) is 50.9 Å². The first-order chi connectivity index (χ1) is 18.3. The Balaban J connectivity index is 1.26. The Kier molecular flexibility index (Phi) is 5.52. The molecule has 5 heterocycles. The first-order valence-electron chi connectivity index (χ1n) is 13.0. The van der Waals surface area contributed by atoms with Crippen LogP contribution in [0.5, 0.6) is 0 Å². The molecule has 6 aromatic rings. The molecule has 1 aliphatic heterocycles. The Morgan fingerprint density at radius 1 is 0.730 bits per heavy atom. The smallest absolute Gasteiger partial charge is 0.116 e. The lowest BCUT2D eigenvalue weighted by Crippen LogP contribution is -2.29.